The first kappa shape index (κ1) is 33.9. The second kappa shape index (κ2) is 15.9. The molecule has 0 aromatic carbocycles. The predicted octanol–water partition coefficient (Wildman–Crippen LogP) is 7.31. The molecule has 8 heteroatoms. The summed E-state index contributed by atoms with van der Waals surface area (Å²) in [6.45, 7) is 8.80. The molecule has 0 bridgehead atoms. The molecule has 1 unspecified atom stereocenters. The van der Waals surface area contributed by atoms with Crippen molar-refractivity contribution in [2.24, 2.45) is 15.9 Å². The van der Waals surface area contributed by atoms with Gasteiger partial charge in [0.15, 0.2) is 11.9 Å². The minimum atomic E-state index is -0.148. The van der Waals surface area contributed by atoms with Crippen LogP contribution in [0.5, 0.6) is 0 Å². The smallest absolute Gasteiger partial charge is 0.313 e. The number of carbonyl (C=O) groups is 1. The fourth-order valence-electron chi connectivity index (χ4n) is 9.92. The van der Waals surface area contributed by atoms with Gasteiger partial charge in [-0.1, -0.05) is 71.1 Å². The van der Waals surface area contributed by atoms with E-state index in [0.717, 1.165) is 37.3 Å². The third-order valence-corrected chi connectivity index (χ3v) is 12.3. The Balaban J connectivity index is 0.867. The standard InChI is InChI=1S/C38H66N6O2/c1-5-6-7-8-11-14-18-30-25-33-21-22-34-35(28(4)40-38(42-30)44(33)34)36(45)46-27(3)16-13-10-9-12-15-17-29-24-32-20-19-31-23-26(2)39-37(41-29)43(31)32/h26-35H,5-25H2,1-4H3,(H,39,41)(H,40,42)/t26-,27?,28+,29+,30+,31+,32-,33-,34-,35-/m0/s1. The van der Waals surface area contributed by atoms with E-state index in [-0.39, 0.29) is 30.1 Å². The van der Waals surface area contributed by atoms with Gasteiger partial charge in [-0.15, -0.1) is 0 Å². The SMILES string of the molecule is CCCCCCCC[C@@H]1C[C@@H]2CC[C@H]3[C@@H](C(=O)OC(C)CCCCCCC[C@@H]4C[C@@H]5CC[C@@H]6C[C@H](C)NC(=N4)N65)[C@@H](C)N=C(N1)N23. The summed E-state index contributed by atoms with van der Waals surface area (Å²) in [5.41, 5.74) is 0. The Labute approximate surface area is 280 Å². The molecule has 0 aromatic heterocycles. The van der Waals surface area contributed by atoms with Crippen molar-refractivity contribution in [3.8, 4) is 0 Å². The molecule has 6 aliphatic heterocycles. The topological polar surface area (TPSA) is 81.6 Å². The highest BCUT2D eigenvalue weighted by Gasteiger charge is 2.51. The maximum atomic E-state index is 13.5. The van der Waals surface area contributed by atoms with Gasteiger partial charge >= 0.3 is 5.97 Å². The summed E-state index contributed by atoms with van der Waals surface area (Å²) >= 11 is 0. The molecule has 0 aliphatic carbocycles. The van der Waals surface area contributed by atoms with E-state index in [0.29, 0.717) is 24.2 Å². The number of aliphatic imine (C=N–C) groups is 2. The Hall–Kier alpha value is -1.99. The molecule has 2 N–H and O–H groups in total. The summed E-state index contributed by atoms with van der Waals surface area (Å²) < 4.78 is 6.11. The Morgan fingerprint density at radius 3 is 2.24 bits per heavy atom. The number of carbonyl (C=O) groups excluding carboxylic acids is 1. The minimum Gasteiger partial charge on any atom is -0.462 e. The van der Waals surface area contributed by atoms with Gasteiger partial charge in [0, 0.05) is 36.3 Å². The fourth-order valence-corrected chi connectivity index (χ4v) is 9.92. The Morgan fingerprint density at radius 1 is 0.783 bits per heavy atom. The summed E-state index contributed by atoms with van der Waals surface area (Å²) in [4.78, 5) is 28.8. The lowest BCUT2D eigenvalue weighted by molar-refractivity contribution is -0.156. The maximum Gasteiger partial charge on any atom is 0.313 e. The molecule has 6 heterocycles. The number of esters is 1. The highest BCUT2D eigenvalue weighted by atomic mass is 16.5. The number of nitrogens with zero attached hydrogens (tertiary/aromatic N) is 4. The van der Waals surface area contributed by atoms with E-state index >= 15 is 0 Å². The number of unbranched alkanes of at least 4 members (excludes halogenated alkanes) is 9. The zero-order valence-electron chi connectivity index (χ0n) is 29.7. The highest BCUT2D eigenvalue weighted by Crippen LogP contribution is 2.40. The van der Waals surface area contributed by atoms with Gasteiger partial charge in [-0.25, -0.2) is 9.98 Å². The van der Waals surface area contributed by atoms with Crippen molar-refractivity contribution in [3.63, 3.8) is 0 Å². The van der Waals surface area contributed by atoms with E-state index in [1.54, 1.807) is 0 Å². The summed E-state index contributed by atoms with van der Waals surface area (Å²) in [6, 6.07) is 3.76. The molecule has 0 aromatic rings. The summed E-state index contributed by atoms with van der Waals surface area (Å²) in [5, 5.41) is 7.46. The van der Waals surface area contributed by atoms with E-state index in [1.807, 2.05) is 0 Å². The molecule has 46 heavy (non-hydrogen) atoms. The first-order chi connectivity index (χ1) is 22.4. The lowest BCUT2D eigenvalue weighted by Gasteiger charge is -2.47. The van der Waals surface area contributed by atoms with Crippen LogP contribution >= 0.6 is 0 Å². The van der Waals surface area contributed by atoms with Crippen LogP contribution in [0.3, 0.4) is 0 Å². The number of guanidine groups is 2. The number of rotatable bonds is 17. The molecule has 0 radical (unpaired) electrons. The predicted molar refractivity (Wildman–Crippen MR) is 188 cm³/mol. The van der Waals surface area contributed by atoms with Gasteiger partial charge in [-0.05, 0) is 91.4 Å². The molecule has 6 aliphatic rings. The molecule has 6 rings (SSSR count). The lowest BCUT2D eigenvalue weighted by atomic mass is 9.89. The average Bonchev–Trinajstić information content (AvgIpc) is 3.63. The quantitative estimate of drug-likeness (QED) is 0.128. The van der Waals surface area contributed by atoms with E-state index in [4.69, 9.17) is 14.7 Å². The van der Waals surface area contributed by atoms with Crippen molar-refractivity contribution in [1.82, 2.24) is 20.4 Å². The lowest BCUT2D eigenvalue weighted by Crippen LogP contribution is -2.63. The second-order valence-electron chi connectivity index (χ2n) is 16.1. The van der Waals surface area contributed by atoms with Gasteiger partial charge in [0.1, 0.15) is 0 Å². The van der Waals surface area contributed by atoms with Crippen molar-refractivity contribution in [2.45, 2.75) is 217 Å². The van der Waals surface area contributed by atoms with Crippen LogP contribution in [-0.4, -0.2) is 82.1 Å². The van der Waals surface area contributed by atoms with Crippen LogP contribution in [0.4, 0.5) is 0 Å². The first-order valence-electron chi connectivity index (χ1n) is 19.9. The van der Waals surface area contributed by atoms with Crippen LogP contribution < -0.4 is 10.6 Å². The molecule has 0 spiro atoms. The number of hydrogen-bond acceptors (Lipinski definition) is 8. The summed E-state index contributed by atoms with van der Waals surface area (Å²) in [6.07, 6.45) is 26.3. The van der Waals surface area contributed by atoms with Gasteiger partial charge in [-0.2, -0.15) is 0 Å². The second-order valence-corrected chi connectivity index (χ2v) is 16.1. The van der Waals surface area contributed by atoms with Crippen molar-refractivity contribution in [2.75, 3.05) is 0 Å². The molecule has 260 valence electrons. The number of ether oxygens (including phenoxy) is 1. The Kier molecular flexibility index (Phi) is 11.7. The monoisotopic (exact) mass is 639 g/mol. The third-order valence-electron chi connectivity index (χ3n) is 12.3. The zero-order chi connectivity index (χ0) is 32.0. The molecule has 10 atom stereocenters. The van der Waals surface area contributed by atoms with Crippen LogP contribution in [0.2, 0.25) is 0 Å². The van der Waals surface area contributed by atoms with Crippen molar-refractivity contribution in [1.29, 1.82) is 0 Å². The van der Waals surface area contributed by atoms with E-state index in [1.165, 1.54) is 122 Å². The normalized spacial score (nSPS) is 35.0. The van der Waals surface area contributed by atoms with Crippen LogP contribution in [0, 0.1) is 5.92 Å². The molecule has 4 fully saturated rings. The van der Waals surface area contributed by atoms with Crippen LogP contribution in [-0.2, 0) is 9.53 Å². The largest absolute Gasteiger partial charge is 0.462 e. The number of nitrogens with one attached hydrogen (secondary N) is 2. The zero-order valence-corrected chi connectivity index (χ0v) is 29.7. The summed E-state index contributed by atoms with van der Waals surface area (Å²) in [7, 11) is 0. The van der Waals surface area contributed by atoms with Crippen LogP contribution in [0.25, 0.3) is 0 Å². The Bertz CT molecular complexity index is 1060. The van der Waals surface area contributed by atoms with E-state index in [9.17, 15) is 4.79 Å². The molecule has 0 saturated carbocycles. The van der Waals surface area contributed by atoms with Gasteiger partial charge in [0.25, 0.3) is 0 Å². The fraction of sp³-hybridized carbons (Fsp3) is 0.921. The average molecular weight is 639 g/mol. The molecule has 8 nitrogen and oxygen atoms in total. The minimum absolute atomic E-state index is 0.0225. The van der Waals surface area contributed by atoms with Gasteiger partial charge in [-0.3, -0.25) is 4.79 Å². The molecule has 0 amide bonds. The maximum absolute atomic E-state index is 13.5. The third kappa shape index (κ3) is 7.99. The van der Waals surface area contributed by atoms with Crippen LogP contribution in [0.15, 0.2) is 9.98 Å². The van der Waals surface area contributed by atoms with E-state index < -0.39 is 0 Å². The van der Waals surface area contributed by atoms with Gasteiger partial charge in [0.2, 0.25) is 0 Å². The van der Waals surface area contributed by atoms with Gasteiger partial charge in [0.05, 0.1) is 24.1 Å². The van der Waals surface area contributed by atoms with Crippen molar-refractivity contribution >= 4 is 17.9 Å². The Morgan fingerprint density at radius 2 is 1.43 bits per heavy atom. The molecular formula is C38H66N6O2. The number of hydrogen-bond donors (Lipinski definition) is 2. The van der Waals surface area contributed by atoms with Crippen molar-refractivity contribution < 1.29 is 9.53 Å². The van der Waals surface area contributed by atoms with Gasteiger partial charge < -0.3 is 25.2 Å². The molecule has 4 saturated heterocycles. The molecular weight excluding hydrogens is 572 g/mol. The van der Waals surface area contributed by atoms with Crippen LogP contribution in [0.1, 0.15) is 163 Å². The van der Waals surface area contributed by atoms with E-state index in [2.05, 4.69) is 48.1 Å². The van der Waals surface area contributed by atoms with Crippen molar-refractivity contribution in [3.05, 3.63) is 0 Å². The summed E-state index contributed by atoms with van der Waals surface area (Å²) in [5.74, 6) is 2.09. The first-order valence-corrected chi connectivity index (χ1v) is 19.9. The highest BCUT2D eigenvalue weighted by molar-refractivity contribution is 5.86.